The third kappa shape index (κ3) is 5.50. The Hall–Kier alpha value is -3.43. The summed E-state index contributed by atoms with van der Waals surface area (Å²) in [4.78, 5) is 29.3. The molecule has 0 aliphatic carbocycles. The first-order valence-electron chi connectivity index (χ1n) is 9.99. The number of phenolic OH excluding ortho intramolecular Hbond substituents is 1. The van der Waals surface area contributed by atoms with Gasteiger partial charge in [0.15, 0.2) is 9.84 Å². The van der Waals surface area contributed by atoms with Crippen molar-refractivity contribution in [1.82, 2.24) is 4.98 Å². The van der Waals surface area contributed by atoms with Gasteiger partial charge in [0.1, 0.15) is 11.0 Å². The fourth-order valence-corrected chi connectivity index (χ4v) is 5.03. The molecular weight excluding hydrogens is 466 g/mol. The van der Waals surface area contributed by atoms with Crippen LogP contribution in [0.4, 0.5) is 11.4 Å². The van der Waals surface area contributed by atoms with Crippen molar-refractivity contribution in [3.05, 3.63) is 77.1 Å². The predicted octanol–water partition coefficient (Wildman–Crippen LogP) is 4.19. The van der Waals surface area contributed by atoms with Crippen LogP contribution in [0, 0.1) is 6.92 Å². The molecule has 0 radical (unpaired) electrons. The number of carbonyl (C=O) groups excluding carboxylic acids is 2. The van der Waals surface area contributed by atoms with Gasteiger partial charge in [0.2, 0.25) is 5.91 Å². The number of anilines is 2. The van der Waals surface area contributed by atoms with Crippen LogP contribution >= 0.6 is 11.6 Å². The summed E-state index contributed by atoms with van der Waals surface area (Å²) in [6, 6.07) is 13.2. The summed E-state index contributed by atoms with van der Waals surface area (Å²) in [6.45, 7) is 3.33. The van der Waals surface area contributed by atoms with Gasteiger partial charge in [-0.1, -0.05) is 36.7 Å². The molecule has 0 saturated heterocycles. The molecule has 3 N–H and O–H groups in total. The van der Waals surface area contributed by atoms with Gasteiger partial charge < -0.3 is 15.7 Å². The zero-order chi connectivity index (χ0) is 24.2. The molecule has 0 aliphatic rings. The molecule has 0 aliphatic heterocycles. The van der Waals surface area contributed by atoms with E-state index in [-0.39, 0.29) is 33.5 Å². The van der Waals surface area contributed by atoms with E-state index in [1.807, 2.05) is 0 Å². The average molecular weight is 488 g/mol. The second-order valence-electron chi connectivity index (χ2n) is 7.23. The standard InChI is InChI=1S/C23H22ClN3O5S/c1-3-21(33(31,32)16-7-5-4-6-8-16)23(30)26-18-13-20(28)19(12-17(18)24)27-22(29)15-9-10-25-14(2)11-15/h4-13,21,28H,3H2,1-2H3,(H,26,30)(H,27,29). The number of hydrogen-bond donors (Lipinski definition) is 3. The molecular formula is C23H22ClN3O5S. The summed E-state index contributed by atoms with van der Waals surface area (Å²) >= 11 is 6.24. The van der Waals surface area contributed by atoms with Crippen LogP contribution in [0.1, 0.15) is 29.4 Å². The maximum absolute atomic E-state index is 12.9. The van der Waals surface area contributed by atoms with Crippen molar-refractivity contribution in [1.29, 1.82) is 0 Å². The molecule has 3 rings (SSSR count). The lowest BCUT2D eigenvalue weighted by molar-refractivity contribution is -0.115. The monoisotopic (exact) mass is 487 g/mol. The molecule has 1 aromatic heterocycles. The summed E-state index contributed by atoms with van der Waals surface area (Å²) < 4.78 is 25.8. The van der Waals surface area contributed by atoms with Crippen LogP contribution in [0.2, 0.25) is 5.02 Å². The summed E-state index contributed by atoms with van der Waals surface area (Å²) in [6.07, 6.45) is 1.52. The molecule has 0 spiro atoms. The van der Waals surface area contributed by atoms with Crippen LogP contribution < -0.4 is 10.6 Å². The number of carbonyl (C=O) groups is 2. The van der Waals surface area contributed by atoms with Gasteiger partial charge in [0.25, 0.3) is 5.91 Å². The number of nitrogens with one attached hydrogen (secondary N) is 2. The van der Waals surface area contributed by atoms with Crippen LogP contribution in [0.5, 0.6) is 5.75 Å². The molecule has 10 heteroatoms. The van der Waals surface area contributed by atoms with Crippen LogP contribution in [-0.2, 0) is 14.6 Å². The Bertz CT molecular complexity index is 1300. The van der Waals surface area contributed by atoms with Crippen molar-refractivity contribution >= 4 is 44.6 Å². The van der Waals surface area contributed by atoms with E-state index in [9.17, 15) is 23.1 Å². The third-order valence-corrected chi connectivity index (χ3v) is 7.40. The lowest BCUT2D eigenvalue weighted by atomic mass is 10.2. The first kappa shape index (κ1) is 24.2. The van der Waals surface area contributed by atoms with Gasteiger partial charge in [-0.2, -0.15) is 0 Å². The fraction of sp³-hybridized carbons (Fsp3) is 0.174. The minimum absolute atomic E-state index is 0.00863. The van der Waals surface area contributed by atoms with Gasteiger partial charge in [0, 0.05) is 23.5 Å². The topological polar surface area (TPSA) is 125 Å². The number of amides is 2. The Morgan fingerprint density at radius 3 is 2.39 bits per heavy atom. The first-order chi connectivity index (χ1) is 15.6. The van der Waals surface area contributed by atoms with Gasteiger partial charge in [-0.15, -0.1) is 0 Å². The Labute approximate surface area is 196 Å². The number of nitrogens with zero attached hydrogens (tertiary/aromatic N) is 1. The number of benzene rings is 2. The van der Waals surface area contributed by atoms with Gasteiger partial charge in [-0.25, -0.2) is 8.42 Å². The first-order valence-corrected chi connectivity index (χ1v) is 11.9. The Balaban J connectivity index is 1.81. The van der Waals surface area contributed by atoms with Gasteiger partial charge >= 0.3 is 0 Å². The zero-order valence-corrected chi connectivity index (χ0v) is 19.4. The normalized spacial score (nSPS) is 12.1. The molecule has 33 heavy (non-hydrogen) atoms. The number of pyridine rings is 1. The van der Waals surface area contributed by atoms with E-state index in [1.54, 1.807) is 38.1 Å². The molecule has 1 heterocycles. The highest BCUT2D eigenvalue weighted by atomic mass is 35.5. The molecule has 0 fully saturated rings. The van der Waals surface area contributed by atoms with E-state index in [2.05, 4.69) is 15.6 Å². The van der Waals surface area contributed by atoms with Crippen LogP contribution in [0.25, 0.3) is 0 Å². The quantitative estimate of drug-likeness (QED) is 0.429. The second-order valence-corrected chi connectivity index (χ2v) is 9.77. The lowest BCUT2D eigenvalue weighted by Crippen LogP contribution is -2.34. The van der Waals surface area contributed by atoms with Crippen molar-refractivity contribution in [3.8, 4) is 5.75 Å². The summed E-state index contributed by atoms with van der Waals surface area (Å²) in [5, 5.41) is 14.0. The molecule has 1 unspecified atom stereocenters. The minimum atomic E-state index is -3.93. The average Bonchev–Trinajstić information content (AvgIpc) is 2.78. The molecule has 0 saturated carbocycles. The van der Waals surface area contributed by atoms with Crippen LogP contribution in [0.3, 0.4) is 0 Å². The summed E-state index contributed by atoms with van der Waals surface area (Å²) in [7, 11) is -3.93. The van der Waals surface area contributed by atoms with Crippen LogP contribution in [-0.4, -0.2) is 35.6 Å². The Morgan fingerprint density at radius 1 is 1.06 bits per heavy atom. The van der Waals surface area contributed by atoms with E-state index in [4.69, 9.17) is 11.6 Å². The number of halogens is 1. The van der Waals surface area contributed by atoms with E-state index < -0.39 is 26.9 Å². The number of sulfone groups is 1. The number of rotatable bonds is 7. The Morgan fingerprint density at radius 2 is 1.76 bits per heavy atom. The van der Waals surface area contributed by atoms with Crippen molar-refractivity contribution in [2.24, 2.45) is 0 Å². The molecule has 1 atom stereocenters. The van der Waals surface area contributed by atoms with E-state index >= 15 is 0 Å². The number of aromatic nitrogens is 1. The smallest absolute Gasteiger partial charge is 0.255 e. The highest BCUT2D eigenvalue weighted by Gasteiger charge is 2.33. The van der Waals surface area contributed by atoms with Crippen LogP contribution in [0.15, 0.2) is 65.7 Å². The minimum Gasteiger partial charge on any atom is -0.506 e. The molecule has 172 valence electrons. The van der Waals surface area contributed by atoms with E-state index in [0.29, 0.717) is 11.3 Å². The molecule has 0 bridgehead atoms. The van der Waals surface area contributed by atoms with Gasteiger partial charge in [-0.3, -0.25) is 14.6 Å². The van der Waals surface area contributed by atoms with Crippen molar-refractivity contribution in [2.45, 2.75) is 30.4 Å². The third-order valence-electron chi connectivity index (χ3n) is 4.86. The molecule has 3 aromatic rings. The fourth-order valence-electron chi connectivity index (χ4n) is 3.17. The SMILES string of the molecule is CCC(C(=O)Nc1cc(O)c(NC(=O)c2ccnc(C)c2)cc1Cl)S(=O)(=O)c1ccccc1. The van der Waals surface area contributed by atoms with Crippen molar-refractivity contribution in [2.75, 3.05) is 10.6 Å². The highest BCUT2D eigenvalue weighted by Crippen LogP contribution is 2.34. The van der Waals surface area contributed by atoms with Gasteiger partial charge in [0.05, 0.1) is 21.3 Å². The molecule has 8 nitrogen and oxygen atoms in total. The second kappa shape index (κ2) is 10.0. The lowest BCUT2D eigenvalue weighted by Gasteiger charge is -2.17. The number of hydrogen-bond acceptors (Lipinski definition) is 6. The van der Waals surface area contributed by atoms with Crippen molar-refractivity contribution in [3.63, 3.8) is 0 Å². The number of aryl methyl sites for hydroxylation is 1. The molecule has 2 aromatic carbocycles. The maximum atomic E-state index is 12.9. The Kier molecular flexibility index (Phi) is 7.35. The largest absolute Gasteiger partial charge is 0.506 e. The number of phenols is 1. The summed E-state index contributed by atoms with van der Waals surface area (Å²) in [5.74, 6) is -1.62. The summed E-state index contributed by atoms with van der Waals surface area (Å²) in [5.41, 5.74) is 1.03. The van der Waals surface area contributed by atoms with Crippen molar-refractivity contribution < 1.29 is 23.1 Å². The van der Waals surface area contributed by atoms with E-state index in [0.717, 1.165) is 6.07 Å². The number of aromatic hydroxyl groups is 1. The zero-order valence-electron chi connectivity index (χ0n) is 17.9. The molecule has 2 amide bonds. The predicted molar refractivity (Wildman–Crippen MR) is 126 cm³/mol. The highest BCUT2D eigenvalue weighted by molar-refractivity contribution is 7.92. The van der Waals surface area contributed by atoms with E-state index in [1.165, 1.54) is 30.5 Å². The maximum Gasteiger partial charge on any atom is 0.255 e. The van der Waals surface area contributed by atoms with Gasteiger partial charge in [-0.05, 0) is 43.7 Å².